The number of rotatable bonds is 3. The lowest BCUT2D eigenvalue weighted by Crippen LogP contribution is -2.13. The van der Waals surface area contributed by atoms with Crippen LogP contribution in [0.2, 0.25) is 5.02 Å². The van der Waals surface area contributed by atoms with E-state index < -0.39 is 6.61 Å². The second-order valence-electron chi connectivity index (χ2n) is 4.70. The Bertz CT molecular complexity index is 400. The standard InChI is InChI=1S/C12H14Cl2F2O/c1-12(2,3)8-5-10(17-11(15)16)7(6-13)4-9(8)14/h4-5,11H,6H2,1-3H3. The van der Waals surface area contributed by atoms with Gasteiger partial charge in [-0.05, 0) is 23.1 Å². The Morgan fingerprint density at radius 3 is 2.29 bits per heavy atom. The first-order valence-electron chi connectivity index (χ1n) is 5.09. The summed E-state index contributed by atoms with van der Waals surface area (Å²) < 4.78 is 29.0. The van der Waals surface area contributed by atoms with E-state index in [4.69, 9.17) is 23.2 Å². The first-order chi connectivity index (χ1) is 7.75. The molecule has 0 aliphatic rings. The number of ether oxygens (including phenoxy) is 1. The normalized spacial score (nSPS) is 12.0. The van der Waals surface area contributed by atoms with Gasteiger partial charge >= 0.3 is 6.61 Å². The van der Waals surface area contributed by atoms with E-state index in [1.54, 1.807) is 6.07 Å². The van der Waals surface area contributed by atoms with Gasteiger partial charge in [-0.3, -0.25) is 0 Å². The molecule has 1 aromatic carbocycles. The minimum Gasteiger partial charge on any atom is -0.434 e. The van der Waals surface area contributed by atoms with Crippen molar-refractivity contribution in [3.05, 3.63) is 28.3 Å². The summed E-state index contributed by atoms with van der Waals surface area (Å²) in [6.07, 6.45) is 0. The fourth-order valence-electron chi connectivity index (χ4n) is 1.48. The van der Waals surface area contributed by atoms with Crippen LogP contribution in [0.15, 0.2) is 12.1 Å². The van der Waals surface area contributed by atoms with Gasteiger partial charge in [0, 0.05) is 10.6 Å². The molecule has 1 aromatic rings. The fraction of sp³-hybridized carbons (Fsp3) is 0.500. The van der Waals surface area contributed by atoms with Crippen molar-refractivity contribution in [2.75, 3.05) is 0 Å². The number of halogens is 4. The predicted octanol–water partition coefficient (Wildman–Crippen LogP) is 4.98. The molecule has 5 heteroatoms. The molecule has 0 saturated carbocycles. The molecule has 0 unspecified atom stereocenters. The molecule has 0 radical (unpaired) electrons. The molecule has 1 nitrogen and oxygen atoms in total. The monoisotopic (exact) mass is 282 g/mol. The quantitative estimate of drug-likeness (QED) is 0.711. The van der Waals surface area contributed by atoms with Gasteiger partial charge in [0.25, 0.3) is 0 Å². The Morgan fingerprint density at radius 1 is 1.29 bits per heavy atom. The molecule has 0 fully saturated rings. The molecule has 1 rings (SSSR count). The van der Waals surface area contributed by atoms with Crippen LogP contribution in [0.1, 0.15) is 31.9 Å². The minimum atomic E-state index is -2.87. The predicted molar refractivity (Wildman–Crippen MR) is 66.3 cm³/mol. The van der Waals surface area contributed by atoms with Crippen molar-refractivity contribution in [1.29, 1.82) is 0 Å². The van der Waals surface area contributed by atoms with Gasteiger partial charge in [-0.2, -0.15) is 8.78 Å². The van der Waals surface area contributed by atoms with Crippen molar-refractivity contribution in [3.8, 4) is 5.75 Å². The first-order valence-corrected chi connectivity index (χ1v) is 6.00. The van der Waals surface area contributed by atoms with E-state index in [2.05, 4.69) is 4.74 Å². The Kier molecular flexibility index (Phi) is 4.62. The van der Waals surface area contributed by atoms with E-state index in [0.29, 0.717) is 10.6 Å². The van der Waals surface area contributed by atoms with E-state index in [-0.39, 0.29) is 17.0 Å². The van der Waals surface area contributed by atoms with Crippen molar-refractivity contribution < 1.29 is 13.5 Å². The maximum absolute atomic E-state index is 12.3. The molecule has 0 amide bonds. The van der Waals surface area contributed by atoms with Crippen LogP contribution < -0.4 is 4.74 Å². The smallest absolute Gasteiger partial charge is 0.387 e. The van der Waals surface area contributed by atoms with Crippen LogP contribution in [-0.2, 0) is 11.3 Å². The number of benzene rings is 1. The van der Waals surface area contributed by atoms with E-state index in [0.717, 1.165) is 5.56 Å². The SMILES string of the molecule is CC(C)(C)c1cc(OC(F)F)c(CCl)cc1Cl. The molecule has 0 heterocycles. The van der Waals surface area contributed by atoms with E-state index in [1.807, 2.05) is 20.8 Å². The Hall–Kier alpha value is -0.540. The van der Waals surface area contributed by atoms with Crippen molar-refractivity contribution in [2.24, 2.45) is 0 Å². The van der Waals surface area contributed by atoms with E-state index in [1.165, 1.54) is 6.07 Å². The minimum absolute atomic E-state index is 0.0756. The largest absolute Gasteiger partial charge is 0.434 e. The lowest BCUT2D eigenvalue weighted by atomic mass is 9.86. The maximum atomic E-state index is 12.3. The summed E-state index contributed by atoms with van der Waals surface area (Å²) in [6.45, 7) is 2.97. The topological polar surface area (TPSA) is 9.23 Å². The molecule has 0 aliphatic carbocycles. The average molecular weight is 283 g/mol. The van der Waals surface area contributed by atoms with E-state index in [9.17, 15) is 8.78 Å². The molecular formula is C12H14Cl2F2O. The summed E-state index contributed by atoms with van der Waals surface area (Å²) >= 11 is 11.8. The summed E-state index contributed by atoms with van der Waals surface area (Å²) in [6, 6.07) is 3.11. The summed E-state index contributed by atoms with van der Waals surface area (Å²) in [5.41, 5.74) is 0.968. The van der Waals surface area contributed by atoms with Crippen LogP contribution >= 0.6 is 23.2 Å². The molecule has 96 valence electrons. The van der Waals surface area contributed by atoms with Gasteiger partial charge in [-0.1, -0.05) is 32.4 Å². The molecule has 0 N–H and O–H groups in total. The summed E-state index contributed by atoms with van der Waals surface area (Å²) in [4.78, 5) is 0. The average Bonchev–Trinajstić information content (AvgIpc) is 2.17. The molecule has 0 aliphatic heterocycles. The Balaban J connectivity index is 3.27. The highest BCUT2D eigenvalue weighted by Gasteiger charge is 2.21. The lowest BCUT2D eigenvalue weighted by molar-refractivity contribution is -0.0504. The van der Waals surface area contributed by atoms with Gasteiger partial charge in [0.2, 0.25) is 0 Å². The second-order valence-corrected chi connectivity index (χ2v) is 5.38. The van der Waals surface area contributed by atoms with Crippen LogP contribution in [0.5, 0.6) is 5.75 Å². The van der Waals surface area contributed by atoms with Crippen molar-refractivity contribution >= 4 is 23.2 Å². The summed E-state index contributed by atoms with van der Waals surface area (Å²) in [7, 11) is 0. The molecule has 17 heavy (non-hydrogen) atoms. The Labute approximate surface area is 110 Å². The zero-order valence-corrected chi connectivity index (χ0v) is 11.4. The molecule has 0 atom stereocenters. The van der Waals surface area contributed by atoms with E-state index >= 15 is 0 Å². The second kappa shape index (κ2) is 5.40. The lowest BCUT2D eigenvalue weighted by Gasteiger charge is -2.22. The third kappa shape index (κ3) is 3.71. The van der Waals surface area contributed by atoms with Gasteiger partial charge in [-0.15, -0.1) is 11.6 Å². The molecule has 0 aromatic heterocycles. The molecule has 0 spiro atoms. The van der Waals surface area contributed by atoms with Gasteiger partial charge in [-0.25, -0.2) is 0 Å². The number of alkyl halides is 3. The number of hydrogen-bond donors (Lipinski definition) is 0. The van der Waals surface area contributed by atoms with Gasteiger partial charge in [0.1, 0.15) is 5.75 Å². The van der Waals surface area contributed by atoms with Crippen LogP contribution in [0.4, 0.5) is 8.78 Å². The van der Waals surface area contributed by atoms with Crippen molar-refractivity contribution in [1.82, 2.24) is 0 Å². The van der Waals surface area contributed by atoms with Crippen LogP contribution in [0.25, 0.3) is 0 Å². The summed E-state index contributed by atoms with van der Waals surface area (Å²) in [5, 5.41) is 0.509. The van der Waals surface area contributed by atoms with Gasteiger partial charge < -0.3 is 4.74 Å². The van der Waals surface area contributed by atoms with Gasteiger partial charge in [0.05, 0.1) is 5.88 Å². The van der Waals surface area contributed by atoms with Crippen molar-refractivity contribution in [3.63, 3.8) is 0 Å². The third-order valence-electron chi connectivity index (χ3n) is 2.32. The maximum Gasteiger partial charge on any atom is 0.387 e. The highest BCUT2D eigenvalue weighted by Crippen LogP contribution is 2.36. The molecule has 0 bridgehead atoms. The van der Waals surface area contributed by atoms with Crippen LogP contribution in [0.3, 0.4) is 0 Å². The van der Waals surface area contributed by atoms with Crippen LogP contribution in [0, 0.1) is 0 Å². The highest BCUT2D eigenvalue weighted by atomic mass is 35.5. The summed E-state index contributed by atoms with van der Waals surface area (Å²) in [5.74, 6) is 0.163. The Morgan fingerprint density at radius 2 is 1.88 bits per heavy atom. The molecular weight excluding hydrogens is 269 g/mol. The first kappa shape index (κ1) is 14.5. The zero-order valence-electron chi connectivity index (χ0n) is 9.86. The number of hydrogen-bond acceptors (Lipinski definition) is 1. The van der Waals surface area contributed by atoms with Crippen molar-refractivity contribution in [2.45, 2.75) is 38.7 Å². The zero-order chi connectivity index (χ0) is 13.2. The fourth-order valence-corrected chi connectivity index (χ4v) is 2.16. The third-order valence-corrected chi connectivity index (χ3v) is 2.92. The highest BCUT2D eigenvalue weighted by molar-refractivity contribution is 6.31. The molecule has 0 saturated heterocycles. The van der Waals surface area contributed by atoms with Crippen LogP contribution in [-0.4, -0.2) is 6.61 Å². The van der Waals surface area contributed by atoms with Gasteiger partial charge in [0.15, 0.2) is 0 Å².